The number of nitrogens with zero attached hydrogens (tertiary/aromatic N) is 6. The molecule has 2 fully saturated rings. The van der Waals surface area contributed by atoms with E-state index in [1.165, 1.54) is 5.56 Å². The number of aromatic nitrogens is 2. The Hall–Kier alpha value is -2.91. The maximum atomic E-state index is 9.67. The highest BCUT2D eigenvalue weighted by atomic mass is 32.2. The average Bonchev–Trinajstić information content (AvgIpc) is 3.50. The molecule has 0 radical (unpaired) electrons. The van der Waals surface area contributed by atoms with Crippen molar-refractivity contribution in [1.82, 2.24) is 19.5 Å². The Labute approximate surface area is 198 Å². The number of hydrogen-bond donors (Lipinski definition) is 0. The summed E-state index contributed by atoms with van der Waals surface area (Å²) in [6, 6.07) is 21.6. The van der Waals surface area contributed by atoms with Crippen LogP contribution >= 0.6 is 11.8 Å². The molecule has 1 unspecified atom stereocenters. The summed E-state index contributed by atoms with van der Waals surface area (Å²) in [7, 11) is 0. The highest BCUT2D eigenvalue weighted by Gasteiger charge is 2.29. The first-order chi connectivity index (χ1) is 16.2. The number of piperidine rings is 1. The van der Waals surface area contributed by atoms with E-state index < -0.39 is 0 Å². The topological polar surface area (TPSA) is 77.1 Å². The number of likely N-dealkylation sites (tertiary alicyclic amines) is 1. The Morgan fingerprint density at radius 2 is 1.85 bits per heavy atom. The van der Waals surface area contributed by atoms with Gasteiger partial charge in [-0.05, 0) is 35.6 Å². The molecular formula is C25H28N6OS. The van der Waals surface area contributed by atoms with Gasteiger partial charge in [-0.2, -0.15) is 10.5 Å². The van der Waals surface area contributed by atoms with Gasteiger partial charge in [-0.1, -0.05) is 52.2 Å². The van der Waals surface area contributed by atoms with Crippen molar-refractivity contribution >= 4 is 11.8 Å². The Morgan fingerprint density at radius 3 is 2.61 bits per heavy atom. The fourth-order valence-corrected chi connectivity index (χ4v) is 5.86. The molecule has 2 saturated heterocycles. The van der Waals surface area contributed by atoms with Crippen molar-refractivity contribution in [3.05, 3.63) is 59.7 Å². The van der Waals surface area contributed by atoms with Gasteiger partial charge in [0.05, 0.1) is 30.3 Å². The van der Waals surface area contributed by atoms with Crippen LogP contribution in [0.15, 0.2) is 53.2 Å². The second kappa shape index (κ2) is 9.93. The van der Waals surface area contributed by atoms with Gasteiger partial charge in [0.25, 0.3) is 0 Å². The fourth-order valence-electron chi connectivity index (χ4n) is 4.71. The number of hydrogen-bond acceptors (Lipinski definition) is 6. The van der Waals surface area contributed by atoms with Crippen LogP contribution in [0.4, 0.5) is 0 Å². The Morgan fingerprint density at radius 1 is 1.03 bits per heavy atom. The van der Waals surface area contributed by atoms with Gasteiger partial charge < -0.3 is 0 Å². The summed E-state index contributed by atoms with van der Waals surface area (Å²) in [5, 5.41) is 18.9. The van der Waals surface area contributed by atoms with Gasteiger partial charge in [-0.3, -0.25) is 14.4 Å². The van der Waals surface area contributed by atoms with Crippen LogP contribution in [0.1, 0.15) is 30.0 Å². The van der Waals surface area contributed by atoms with Gasteiger partial charge in [0, 0.05) is 37.8 Å². The van der Waals surface area contributed by atoms with Crippen LogP contribution in [-0.2, 0) is 13.1 Å². The van der Waals surface area contributed by atoms with Crippen molar-refractivity contribution in [2.45, 2.75) is 38.0 Å². The Kier molecular flexibility index (Phi) is 6.59. The van der Waals surface area contributed by atoms with Crippen LogP contribution in [0.3, 0.4) is 0 Å². The maximum absolute atomic E-state index is 9.67. The molecule has 170 valence electrons. The zero-order valence-corrected chi connectivity index (χ0v) is 19.5. The van der Waals surface area contributed by atoms with Gasteiger partial charge in [-0.15, -0.1) is 11.8 Å². The van der Waals surface area contributed by atoms with Gasteiger partial charge in [0.2, 0.25) is 0 Å². The van der Waals surface area contributed by atoms with E-state index in [-0.39, 0.29) is 6.04 Å². The lowest BCUT2D eigenvalue weighted by atomic mass is 9.97. The number of rotatable bonds is 7. The predicted molar refractivity (Wildman–Crippen MR) is 128 cm³/mol. The lowest BCUT2D eigenvalue weighted by Crippen LogP contribution is -2.34. The zero-order chi connectivity index (χ0) is 22.6. The molecule has 0 amide bonds. The number of thioether (sulfide) groups is 1. The van der Waals surface area contributed by atoms with E-state index in [1.807, 2.05) is 57.9 Å². The predicted octanol–water partition coefficient (Wildman–Crippen LogP) is 4.16. The molecule has 33 heavy (non-hydrogen) atoms. The molecule has 2 aliphatic rings. The van der Waals surface area contributed by atoms with Crippen molar-refractivity contribution in [2.75, 3.05) is 31.3 Å². The molecule has 0 bridgehead atoms. The van der Waals surface area contributed by atoms with Crippen molar-refractivity contribution in [1.29, 1.82) is 10.5 Å². The SMILES string of the molecule is N#Cc1cc(CN2CCC(n3on3CCN3CSCC3C#N)CC2)ccc1-c1ccccc1. The molecule has 8 heteroatoms. The summed E-state index contributed by atoms with van der Waals surface area (Å²) < 4.78 is 5.72. The highest BCUT2D eigenvalue weighted by Crippen LogP contribution is 2.28. The zero-order valence-electron chi connectivity index (χ0n) is 18.6. The minimum atomic E-state index is 0.0370. The first-order valence-electron chi connectivity index (χ1n) is 11.5. The summed E-state index contributed by atoms with van der Waals surface area (Å²) in [5.74, 6) is 1.84. The average molecular weight is 461 g/mol. The normalized spacial score (nSPS) is 20.1. The third-order valence-corrected chi connectivity index (χ3v) is 7.70. The minimum Gasteiger partial charge on any atom is -0.299 e. The summed E-state index contributed by atoms with van der Waals surface area (Å²) in [5.41, 5.74) is 3.99. The van der Waals surface area contributed by atoms with Crippen molar-refractivity contribution in [3.8, 4) is 23.3 Å². The van der Waals surface area contributed by atoms with E-state index in [1.54, 1.807) is 0 Å². The van der Waals surface area contributed by atoms with Gasteiger partial charge >= 0.3 is 0 Å². The maximum Gasteiger partial charge on any atom is 0.108 e. The molecular weight excluding hydrogens is 432 g/mol. The number of benzene rings is 2. The van der Waals surface area contributed by atoms with Crippen molar-refractivity contribution in [3.63, 3.8) is 0 Å². The minimum absolute atomic E-state index is 0.0370. The first-order valence-corrected chi connectivity index (χ1v) is 12.7. The lowest BCUT2D eigenvalue weighted by Gasteiger charge is -2.29. The molecule has 3 aromatic rings. The van der Waals surface area contributed by atoms with E-state index in [9.17, 15) is 10.5 Å². The third kappa shape index (κ3) is 5.04. The molecule has 2 aromatic carbocycles. The van der Waals surface area contributed by atoms with Crippen LogP contribution in [0.5, 0.6) is 0 Å². The molecule has 0 N–H and O–H groups in total. The smallest absolute Gasteiger partial charge is 0.108 e. The van der Waals surface area contributed by atoms with Gasteiger partial charge in [0.1, 0.15) is 6.04 Å². The van der Waals surface area contributed by atoms with E-state index in [2.05, 4.69) is 34.1 Å². The van der Waals surface area contributed by atoms with Crippen molar-refractivity contribution in [2.24, 2.45) is 0 Å². The van der Waals surface area contributed by atoms with E-state index >= 15 is 0 Å². The van der Waals surface area contributed by atoms with Crippen LogP contribution in [-0.4, -0.2) is 56.8 Å². The van der Waals surface area contributed by atoms with Gasteiger partial charge in [0.15, 0.2) is 0 Å². The first kappa shape index (κ1) is 21.9. The molecule has 5 rings (SSSR count). The molecule has 2 aliphatic heterocycles. The fraction of sp³-hybridized carbons (Fsp3) is 0.440. The molecule has 1 aromatic heterocycles. The summed E-state index contributed by atoms with van der Waals surface area (Å²) in [4.78, 5) is 8.65. The van der Waals surface area contributed by atoms with Gasteiger partial charge in [-0.25, -0.2) is 0 Å². The Balaban J connectivity index is 1.12. The second-order valence-corrected chi connectivity index (χ2v) is 9.78. The molecule has 0 saturated carbocycles. The highest BCUT2D eigenvalue weighted by molar-refractivity contribution is 7.99. The second-order valence-electron chi connectivity index (χ2n) is 8.78. The molecule has 0 spiro atoms. The Bertz CT molecular complexity index is 1140. The monoisotopic (exact) mass is 460 g/mol. The number of nitriles is 2. The van der Waals surface area contributed by atoms with Crippen molar-refractivity contribution < 1.29 is 4.63 Å². The quantitative estimate of drug-likeness (QED) is 0.527. The van der Waals surface area contributed by atoms with Crippen LogP contribution in [0, 0.1) is 22.7 Å². The van der Waals surface area contributed by atoms with E-state index in [4.69, 9.17) is 4.63 Å². The molecule has 7 nitrogen and oxygen atoms in total. The largest absolute Gasteiger partial charge is 0.299 e. The van der Waals surface area contributed by atoms with Crippen LogP contribution < -0.4 is 0 Å². The lowest BCUT2D eigenvalue weighted by molar-refractivity contribution is 0.163. The summed E-state index contributed by atoms with van der Waals surface area (Å²) in [6.45, 7) is 4.56. The van der Waals surface area contributed by atoms with E-state index in [0.29, 0.717) is 6.04 Å². The molecule has 3 heterocycles. The van der Waals surface area contributed by atoms with Crippen LogP contribution in [0.2, 0.25) is 0 Å². The third-order valence-electron chi connectivity index (χ3n) is 6.64. The van der Waals surface area contributed by atoms with Crippen LogP contribution in [0.25, 0.3) is 11.1 Å². The standard InChI is InChI=1S/C25H28N6OS/c26-15-22-14-20(6-7-25(22)21-4-2-1-3-5-21)17-28-10-8-23(9-11-28)31-30(32-31)13-12-29-19-33-18-24(29)16-27/h1-7,14,23-24H,8-13,17-19H2. The van der Waals surface area contributed by atoms with E-state index in [0.717, 1.165) is 73.9 Å². The summed E-state index contributed by atoms with van der Waals surface area (Å²) >= 11 is 1.83. The molecule has 1 atom stereocenters. The summed E-state index contributed by atoms with van der Waals surface area (Å²) in [6.07, 6.45) is 2.12. The molecule has 0 aliphatic carbocycles.